The van der Waals surface area contributed by atoms with Gasteiger partial charge in [0, 0.05) is 25.2 Å². The first-order valence-corrected chi connectivity index (χ1v) is 8.59. The van der Waals surface area contributed by atoms with Crippen LogP contribution in [0, 0.1) is 0 Å². The Hall–Kier alpha value is -1.55. The molecule has 0 unspecified atom stereocenters. The van der Waals surface area contributed by atoms with Gasteiger partial charge in [-0.05, 0) is 45.6 Å². The first-order valence-electron chi connectivity index (χ1n) is 8.59. The summed E-state index contributed by atoms with van der Waals surface area (Å²) in [7, 11) is 0. The maximum Gasteiger partial charge on any atom is 0.408 e. The van der Waals surface area contributed by atoms with Crippen molar-refractivity contribution in [3.8, 4) is 0 Å². The fraction of sp³-hybridized carbons (Fsp3) is 0.632. The monoisotopic (exact) mass is 318 g/mol. The van der Waals surface area contributed by atoms with Gasteiger partial charge in [-0.15, -0.1) is 0 Å². The smallest absolute Gasteiger partial charge is 0.408 e. The summed E-state index contributed by atoms with van der Waals surface area (Å²) < 4.78 is 5.43. The lowest BCUT2D eigenvalue weighted by Crippen LogP contribution is -2.55. The van der Waals surface area contributed by atoms with Crippen LogP contribution in [0.1, 0.15) is 52.5 Å². The summed E-state index contributed by atoms with van der Waals surface area (Å²) in [5, 5.41) is 3.14. The fourth-order valence-electron chi connectivity index (χ4n) is 3.07. The number of carbonyl (C=O) groups is 1. The second-order valence-electron chi connectivity index (χ2n) is 7.52. The second-order valence-corrected chi connectivity index (χ2v) is 7.52. The van der Waals surface area contributed by atoms with Crippen molar-refractivity contribution in [1.82, 2.24) is 10.2 Å². The minimum atomic E-state index is -0.451. The van der Waals surface area contributed by atoms with E-state index in [1.807, 2.05) is 26.8 Å². The number of nitrogens with one attached hydrogen (secondary N) is 1. The zero-order valence-corrected chi connectivity index (χ0v) is 14.9. The fourth-order valence-corrected chi connectivity index (χ4v) is 3.07. The highest BCUT2D eigenvalue weighted by Crippen LogP contribution is 2.27. The van der Waals surface area contributed by atoms with Crippen LogP contribution in [0.5, 0.6) is 0 Å². The molecule has 0 spiro atoms. The molecule has 1 saturated heterocycles. The van der Waals surface area contributed by atoms with Crippen molar-refractivity contribution in [2.75, 3.05) is 13.1 Å². The average molecular weight is 318 g/mol. The molecule has 1 fully saturated rings. The molecule has 4 heteroatoms. The van der Waals surface area contributed by atoms with Crippen molar-refractivity contribution in [3.63, 3.8) is 0 Å². The summed E-state index contributed by atoms with van der Waals surface area (Å²) >= 11 is 0. The molecule has 0 aliphatic carbocycles. The number of likely N-dealkylation sites (tertiary alicyclic amines) is 1. The first kappa shape index (κ1) is 17.8. The summed E-state index contributed by atoms with van der Waals surface area (Å²) in [6.07, 6.45) is 2.58. The number of ether oxygens (including phenoxy) is 1. The van der Waals surface area contributed by atoms with Gasteiger partial charge in [0.15, 0.2) is 0 Å². The molecule has 1 aromatic carbocycles. The molecular formula is C19H30N2O2. The van der Waals surface area contributed by atoms with E-state index in [4.69, 9.17) is 4.74 Å². The molecule has 0 bridgehead atoms. The number of carbonyl (C=O) groups excluding carboxylic acids is 1. The Morgan fingerprint density at radius 3 is 2.35 bits per heavy atom. The number of rotatable bonds is 4. The Labute approximate surface area is 140 Å². The van der Waals surface area contributed by atoms with Gasteiger partial charge in [0.2, 0.25) is 0 Å². The van der Waals surface area contributed by atoms with Crippen LogP contribution >= 0.6 is 0 Å². The molecule has 0 saturated carbocycles. The molecule has 2 rings (SSSR count). The van der Waals surface area contributed by atoms with Crippen molar-refractivity contribution in [2.24, 2.45) is 0 Å². The van der Waals surface area contributed by atoms with E-state index in [9.17, 15) is 4.79 Å². The van der Waals surface area contributed by atoms with Crippen LogP contribution in [0.15, 0.2) is 30.3 Å². The van der Waals surface area contributed by atoms with E-state index in [1.54, 1.807) is 0 Å². The van der Waals surface area contributed by atoms with E-state index in [1.165, 1.54) is 5.56 Å². The number of hydrogen-bond acceptors (Lipinski definition) is 3. The van der Waals surface area contributed by atoms with Gasteiger partial charge in [-0.2, -0.15) is 0 Å². The molecule has 0 atom stereocenters. The average Bonchev–Trinajstić information content (AvgIpc) is 2.48. The third-order valence-corrected chi connectivity index (χ3v) is 4.51. The molecule has 1 N–H and O–H groups in total. The molecule has 0 radical (unpaired) electrons. The zero-order valence-electron chi connectivity index (χ0n) is 14.9. The highest BCUT2D eigenvalue weighted by molar-refractivity contribution is 5.68. The highest BCUT2D eigenvalue weighted by atomic mass is 16.6. The van der Waals surface area contributed by atoms with Gasteiger partial charge in [-0.3, -0.25) is 4.90 Å². The van der Waals surface area contributed by atoms with Crippen molar-refractivity contribution in [3.05, 3.63) is 35.9 Å². The second kappa shape index (κ2) is 7.35. The third kappa shape index (κ3) is 5.54. The van der Waals surface area contributed by atoms with E-state index >= 15 is 0 Å². The van der Waals surface area contributed by atoms with E-state index in [2.05, 4.69) is 41.4 Å². The number of alkyl carbamates (subject to hydrolysis) is 1. The molecule has 1 amide bonds. The van der Waals surface area contributed by atoms with E-state index in [0.29, 0.717) is 0 Å². The lowest BCUT2D eigenvalue weighted by molar-refractivity contribution is 0.0374. The maximum atomic E-state index is 12.1. The van der Waals surface area contributed by atoms with Crippen molar-refractivity contribution in [1.29, 1.82) is 0 Å². The predicted octanol–water partition coefficient (Wildman–Crippen LogP) is 3.96. The Morgan fingerprint density at radius 1 is 1.22 bits per heavy atom. The van der Waals surface area contributed by atoms with Gasteiger partial charge in [-0.1, -0.05) is 37.3 Å². The van der Waals surface area contributed by atoms with Crippen molar-refractivity contribution < 1.29 is 9.53 Å². The Kier molecular flexibility index (Phi) is 5.69. The Bertz CT molecular complexity index is 500. The van der Waals surface area contributed by atoms with Crippen molar-refractivity contribution >= 4 is 6.09 Å². The van der Waals surface area contributed by atoms with E-state index in [0.717, 1.165) is 38.9 Å². The molecule has 1 aliphatic heterocycles. The van der Waals surface area contributed by atoms with Gasteiger partial charge in [0.1, 0.15) is 5.60 Å². The summed E-state index contributed by atoms with van der Waals surface area (Å²) in [4.78, 5) is 14.6. The molecule has 1 aliphatic rings. The largest absolute Gasteiger partial charge is 0.444 e. The minimum Gasteiger partial charge on any atom is -0.444 e. The molecule has 1 aromatic rings. The molecule has 128 valence electrons. The van der Waals surface area contributed by atoms with Crippen molar-refractivity contribution in [2.45, 2.75) is 64.6 Å². The number of amides is 1. The summed E-state index contributed by atoms with van der Waals surface area (Å²) in [5.41, 5.74) is 0.763. The summed E-state index contributed by atoms with van der Waals surface area (Å²) in [6.45, 7) is 10.8. The molecular weight excluding hydrogens is 288 g/mol. The molecule has 4 nitrogen and oxygen atoms in total. The Balaban J connectivity index is 1.88. The van der Waals surface area contributed by atoms with Crippen LogP contribution in [-0.2, 0) is 11.3 Å². The first-order chi connectivity index (χ1) is 10.8. The van der Waals surface area contributed by atoms with Crippen LogP contribution in [0.3, 0.4) is 0 Å². The van der Waals surface area contributed by atoms with Gasteiger partial charge < -0.3 is 10.1 Å². The molecule has 0 aromatic heterocycles. The van der Waals surface area contributed by atoms with Crippen LogP contribution < -0.4 is 5.32 Å². The summed E-state index contributed by atoms with van der Waals surface area (Å²) in [6, 6.07) is 10.5. The number of nitrogens with zero attached hydrogens (tertiary/aromatic N) is 1. The van der Waals surface area contributed by atoms with Gasteiger partial charge in [0.25, 0.3) is 0 Å². The third-order valence-electron chi connectivity index (χ3n) is 4.51. The van der Waals surface area contributed by atoms with Gasteiger partial charge in [-0.25, -0.2) is 4.79 Å². The zero-order chi connectivity index (χ0) is 16.9. The molecule has 1 heterocycles. The highest BCUT2D eigenvalue weighted by Gasteiger charge is 2.35. The van der Waals surface area contributed by atoms with E-state index < -0.39 is 5.60 Å². The van der Waals surface area contributed by atoms with Gasteiger partial charge in [0.05, 0.1) is 0 Å². The lowest BCUT2D eigenvalue weighted by atomic mass is 9.85. The number of piperidine rings is 1. The van der Waals surface area contributed by atoms with Crippen LogP contribution in [0.2, 0.25) is 0 Å². The minimum absolute atomic E-state index is 0.129. The Morgan fingerprint density at radius 2 is 1.83 bits per heavy atom. The maximum absolute atomic E-state index is 12.1. The predicted molar refractivity (Wildman–Crippen MR) is 93.3 cm³/mol. The summed E-state index contributed by atoms with van der Waals surface area (Å²) in [5.74, 6) is 0. The number of benzene rings is 1. The van der Waals surface area contributed by atoms with E-state index in [-0.39, 0.29) is 11.6 Å². The van der Waals surface area contributed by atoms with Crippen LogP contribution in [0.25, 0.3) is 0 Å². The van der Waals surface area contributed by atoms with Crippen LogP contribution in [0.4, 0.5) is 4.79 Å². The quantitative estimate of drug-likeness (QED) is 0.914. The normalized spacial score (nSPS) is 18.4. The van der Waals surface area contributed by atoms with Gasteiger partial charge >= 0.3 is 6.09 Å². The number of hydrogen-bond donors (Lipinski definition) is 1. The topological polar surface area (TPSA) is 41.6 Å². The lowest BCUT2D eigenvalue weighted by Gasteiger charge is -2.42. The standard InChI is InChI=1S/C19H30N2O2/c1-5-19(20-17(22)23-18(2,3)4)11-13-21(14-12-19)15-16-9-7-6-8-10-16/h6-10H,5,11-15H2,1-4H3,(H,20,22). The SMILES string of the molecule is CCC1(NC(=O)OC(C)(C)C)CCN(Cc2ccccc2)CC1. The van der Waals surface area contributed by atoms with Crippen LogP contribution in [-0.4, -0.2) is 35.2 Å². The molecule has 23 heavy (non-hydrogen) atoms.